The summed E-state index contributed by atoms with van der Waals surface area (Å²) in [5.41, 5.74) is 0. The van der Waals surface area contributed by atoms with Crippen LogP contribution in [0, 0.1) is 6.92 Å². The summed E-state index contributed by atoms with van der Waals surface area (Å²) in [5.74, 6) is 0.868. The first-order chi connectivity index (χ1) is 6.77. The van der Waals surface area contributed by atoms with Gasteiger partial charge in [-0.15, -0.1) is 0 Å². The van der Waals surface area contributed by atoms with Crippen molar-refractivity contribution in [3.05, 3.63) is 5.82 Å². The summed E-state index contributed by atoms with van der Waals surface area (Å²) >= 11 is 1.48. The van der Waals surface area contributed by atoms with E-state index >= 15 is 0 Å². The van der Waals surface area contributed by atoms with Gasteiger partial charge in [-0.05, 0) is 20.4 Å². The molecule has 1 rings (SSSR count). The molecule has 0 aliphatic heterocycles. The molecule has 1 aromatic rings. The molecular formula is C9H18N4S. The fourth-order valence-corrected chi connectivity index (χ4v) is 1.96. The first-order valence-electron chi connectivity index (χ1n) is 5.03. The van der Waals surface area contributed by atoms with Gasteiger partial charge in [-0.3, -0.25) is 0 Å². The zero-order valence-electron chi connectivity index (χ0n) is 9.08. The molecule has 0 unspecified atom stereocenters. The van der Waals surface area contributed by atoms with E-state index in [0.717, 1.165) is 37.1 Å². The molecule has 0 amide bonds. The van der Waals surface area contributed by atoms with Crippen molar-refractivity contribution in [2.45, 2.75) is 20.8 Å². The van der Waals surface area contributed by atoms with Crippen LogP contribution in [-0.2, 0) is 0 Å². The largest absolute Gasteiger partial charge is 0.346 e. The second-order valence-corrected chi connectivity index (χ2v) is 3.79. The third kappa shape index (κ3) is 3.23. The van der Waals surface area contributed by atoms with E-state index in [1.807, 2.05) is 6.92 Å². The van der Waals surface area contributed by atoms with Crippen molar-refractivity contribution in [1.82, 2.24) is 14.7 Å². The number of hydrogen-bond donors (Lipinski definition) is 1. The van der Waals surface area contributed by atoms with E-state index in [2.05, 4.69) is 33.4 Å². The van der Waals surface area contributed by atoms with Crippen LogP contribution in [0.5, 0.6) is 0 Å². The average molecular weight is 214 g/mol. The Bertz CT molecular complexity index is 261. The number of aromatic nitrogens is 2. The zero-order chi connectivity index (χ0) is 10.4. The predicted octanol–water partition coefficient (Wildman–Crippen LogP) is 1.28. The smallest absolute Gasteiger partial charge is 0.205 e. The first-order valence-corrected chi connectivity index (χ1v) is 5.81. The minimum atomic E-state index is 0.868. The summed E-state index contributed by atoms with van der Waals surface area (Å²) in [6.07, 6.45) is 0. The minimum Gasteiger partial charge on any atom is -0.346 e. The normalized spacial score (nSPS) is 10.5. The van der Waals surface area contributed by atoms with Gasteiger partial charge in [-0.25, -0.2) is 4.98 Å². The second-order valence-electron chi connectivity index (χ2n) is 3.06. The molecule has 1 N–H and O–H groups in total. The van der Waals surface area contributed by atoms with Crippen molar-refractivity contribution in [1.29, 1.82) is 0 Å². The lowest BCUT2D eigenvalue weighted by Crippen LogP contribution is -2.31. The van der Waals surface area contributed by atoms with Crippen LogP contribution in [0.2, 0.25) is 0 Å². The molecule has 0 atom stereocenters. The van der Waals surface area contributed by atoms with Crippen LogP contribution < -0.4 is 10.2 Å². The van der Waals surface area contributed by atoms with Gasteiger partial charge in [-0.2, -0.15) is 4.37 Å². The molecule has 0 saturated heterocycles. The van der Waals surface area contributed by atoms with Crippen molar-refractivity contribution in [3.8, 4) is 0 Å². The number of rotatable bonds is 6. The molecule has 0 saturated carbocycles. The fourth-order valence-electron chi connectivity index (χ4n) is 1.19. The maximum atomic E-state index is 4.37. The lowest BCUT2D eigenvalue weighted by atomic mass is 10.5. The van der Waals surface area contributed by atoms with Gasteiger partial charge in [-0.1, -0.05) is 6.92 Å². The average Bonchev–Trinajstić information content (AvgIpc) is 2.60. The summed E-state index contributed by atoms with van der Waals surface area (Å²) in [4.78, 5) is 6.61. The fraction of sp³-hybridized carbons (Fsp3) is 0.778. The lowest BCUT2D eigenvalue weighted by Gasteiger charge is -2.18. The maximum Gasteiger partial charge on any atom is 0.205 e. The standard InChI is InChI=1S/C9H18N4S/c1-4-10-6-7-13(5-2)9-11-8(3)12-14-9/h10H,4-7H2,1-3H3. The van der Waals surface area contributed by atoms with Crippen molar-refractivity contribution >= 4 is 16.7 Å². The van der Waals surface area contributed by atoms with Gasteiger partial charge in [0.1, 0.15) is 5.82 Å². The molecule has 4 nitrogen and oxygen atoms in total. The van der Waals surface area contributed by atoms with Crippen LogP contribution in [-0.4, -0.2) is 35.5 Å². The minimum absolute atomic E-state index is 0.868. The van der Waals surface area contributed by atoms with Crippen LogP contribution >= 0.6 is 11.5 Å². The summed E-state index contributed by atoms with van der Waals surface area (Å²) in [6.45, 7) is 10.2. The Morgan fingerprint density at radius 2 is 2.21 bits per heavy atom. The van der Waals surface area contributed by atoms with Crippen LogP contribution in [0.3, 0.4) is 0 Å². The Hall–Kier alpha value is -0.680. The van der Waals surface area contributed by atoms with E-state index in [1.54, 1.807) is 0 Å². The number of nitrogens with one attached hydrogen (secondary N) is 1. The number of likely N-dealkylation sites (N-methyl/N-ethyl adjacent to an activating group) is 2. The van der Waals surface area contributed by atoms with Gasteiger partial charge < -0.3 is 10.2 Å². The predicted molar refractivity (Wildman–Crippen MR) is 61.1 cm³/mol. The highest BCUT2D eigenvalue weighted by atomic mass is 32.1. The van der Waals surface area contributed by atoms with Crippen molar-refractivity contribution < 1.29 is 0 Å². The Kier molecular flexibility index (Phi) is 4.82. The van der Waals surface area contributed by atoms with Gasteiger partial charge >= 0.3 is 0 Å². The van der Waals surface area contributed by atoms with E-state index in [9.17, 15) is 0 Å². The number of hydrogen-bond acceptors (Lipinski definition) is 5. The van der Waals surface area contributed by atoms with E-state index < -0.39 is 0 Å². The Balaban J connectivity index is 2.45. The monoisotopic (exact) mass is 214 g/mol. The topological polar surface area (TPSA) is 41.0 Å². The van der Waals surface area contributed by atoms with Crippen LogP contribution in [0.25, 0.3) is 0 Å². The van der Waals surface area contributed by atoms with Gasteiger partial charge in [0.2, 0.25) is 5.13 Å². The third-order valence-corrected chi connectivity index (χ3v) is 2.85. The Morgan fingerprint density at radius 1 is 1.43 bits per heavy atom. The zero-order valence-corrected chi connectivity index (χ0v) is 9.89. The number of anilines is 1. The molecule has 1 heterocycles. The lowest BCUT2D eigenvalue weighted by molar-refractivity contribution is 0.687. The highest BCUT2D eigenvalue weighted by molar-refractivity contribution is 7.09. The number of nitrogens with zero attached hydrogens (tertiary/aromatic N) is 3. The molecule has 0 bridgehead atoms. The van der Waals surface area contributed by atoms with E-state index in [4.69, 9.17) is 0 Å². The van der Waals surface area contributed by atoms with Gasteiger partial charge in [0, 0.05) is 31.2 Å². The highest BCUT2D eigenvalue weighted by Gasteiger charge is 2.07. The molecule has 14 heavy (non-hydrogen) atoms. The molecule has 0 spiro atoms. The molecule has 5 heteroatoms. The van der Waals surface area contributed by atoms with E-state index in [1.165, 1.54) is 11.5 Å². The molecule has 0 radical (unpaired) electrons. The summed E-state index contributed by atoms with van der Waals surface area (Å²) < 4.78 is 4.18. The highest BCUT2D eigenvalue weighted by Crippen LogP contribution is 2.15. The molecule has 80 valence electrons. The van der Waals surface area contributed by atoms with Crippen LogP contribution in [0.15, 0.2) is 0 Å². The second kappa shape index (κ2) is 5.93. The Labute approximate surface area is 89.5 Å². The van der Waals surface area contributed by atoms with Gasteiger partial charge in [0.25, 0.3) is 0 Å². The van der Waals surface area contributed by atoms with Crippen molar-refractivity contribution in [2.24, 2.45) is 0 Å². The van der Waals surface area contributed by atoms with Gasteiger partial charge in [0.05, 0.1) is 0 Å². The molecule has 0 aromatic carbocycles. The van der Waals surface area contributed by atoms with E-state index in [0.29, 0.717) is 0 Å². The van der Waals surface area contributed by atoms with Crippen molar-refractivity contribution in [2.75, 3.05) is 31.1 Å². The number of aryl methyl sites for hydroxylation is 1. The van der Waals surface area contributed by atoms with E-state index in [-0.39, 0.29) is 0 Å². The molecule has 0 aliphatic rings. The van der Waals surface area contributed by atoms with Crippen LogP contribution in [0.1, 0.15) is 19.7 Å². The quantitative estimate of drug-likeness (QED) is 0.724. The molecule has 1 aromatic heterocycles. The summed E-state index contributed by atoms with van der Waals surface area (Å²) in [7, 11) is 0. The first kappa shape index (κ1) is 11.4. The SMILES string of the molecule is CCNCCN(CC)c1nc(C)ns1. The third-order valence-electron chi connectivity index (χ3n) is 1.98. The summed E-state index contributed by atoms with van der Waals surface area (Å²) in [6, 6.07) is 0. The molecule has 0 aliphatic carbocycles. The van der Waals surface area contributed by atoms with Gasteiger partial charge in [0.15, 0.2) is 0 Å². The summed E-state index contributed by atoms with van der Waals surface area (Å²) in [5, 5.41) is 4.33. The van der Waals surface area contributed by atoms with Crippen molar-refractivity contribution in [3.63, 3.8) is 0 Å². The molecular weight excluding hydrogens is 196 g/mol. The maximum absolute atomic E-state index is 4.37. The molecule has 0 fully saturated rings. The van der Waals surface area contributed by atoms with Crippen LogP contribution in [0.4, 0.5) is 5.13 Å². The Morgan fingerprint density at radius 3 is 2.71 bits per heavy atom.